The SMILES string of the molecule is CCOCCOC(C)C(=O)NS(=O)(=O)c1ccc(F)cc1F. The summed E-state index contributed by atoms with van der Waals surface area (Å²) in [7, 11) is -4.44. The summed E-state index contributed by atoms with van der Waals surface area (Å²) in [5.74, 6) is -3.17. The highest BCUT2D eigenvalue weighted by molar-refractivity contribution is 7.90. The summed E-state index contributed by atoms with van der Waals surface area (Å²) in [4.78, 5) is 10.9. The lowest BCUT2D eigenvalue weighted by atomic mass is 10.3. The number of benzene rings is 1. The molecule has 1 atom stereocenters. The van der Waals surface area contributed by atoms with Crippen LogP contribution in [0.15, 0.2) is 23.1 Å². The third kappa shape index (κ3) is 5.32. The molecule has 0 heterocycles. The first kappa shape index (κ1) is 18.5. The highest BCUT2D eigenvalue weighted by Gasteiger charge is 2.25. The van der Waals surface area contributed by atoms with Gasteiger partial charge in [-0.25, -0.2) is 21.9 Å². The fraction of sp³-hybridized carbons (Fsp3) is 0.462. The lowest BCUT2D eigenvalue weighted by Crippen LogP contribution is -2.39. The Kier molecular flexibility index (Phi) is 6.85. The number of amides is 1. The second kappa shape index (κ2) is 8.16. The molecular formula is C13H17F2NO5S. The average Bonchev–Trinajstić information content (AvgIpc) is 2.42. The topological polar surface area (TPSA) is 81.7 Å². The Morgan fingerprint density at radius 3 is 2.59 bits per heavy atom. The second-order valence-electron chi connectivity index (χ2n) is 4.25. The lowest BCUT2D eigenvalue weighted by Gasteiger charge is -2.14. The summed E-state index contributed by atoms with van der Waals surface area (Å²) in [6, 6.07) is 1.94. The molecule has 0 saturated heterocycles. The van der Waals surface area contributed by atoms with Crippen molar-refractivity contribution in [1.82, 2.24) is 4.72 Å². The standard InChI is InChI=1S/C13H17F2NO5S/c1-3-20-6-7-21-9(2)13(17)16-22(18,19)12-5-4-10(14)8-11(12)15/h4-5,8-9H,3,6-7H2,1-2H3,(H,16,17). The van der Waals surface area contributed by atoms with Gasteiger partial charge in [-0.3, -0.25) is 4.79 Å². The minimum Gasteiger partial charge on any atom is -0.379 e. The van der Waals surface area contributed by atoms with E-state index in [1.165, 1.54) is 6.92 Å². The Morgan fingerprint density at radius 1 is 1.32 bits per heavy atom. The van der Waals surface area contributed by atoms with Crippen molar-refractivity contribution in [2.45, 2.75) is 24.8 Å². The Morgan fingerprint density at radius 2 is 2.00 bits per heavy atom. The minimum atomic E-state index is -4.44. The maximum Gasteiger partial charge on any atom is 0.267 e. The van der Waals surface area contributed by atoms with E-state index in [-0.39, 0.29) is 13.2 Å². The molecule has 1 aromatic rings. The van der Waals surface area contributed by atoms with Gasteiger partial charge in [0.05, 0.1) is 13.2 Å². The molecule has 1 aromatic carbocycles. The Hall–Kier alpha value is -1.58. The van der Waals surface area contributed by atoms with Crippen molar-refractivity contribution in [3.63, 3.8) is 0 Å². The Balaban J connectivity index is 2.69. The quantitative estimate of drug-likeness (QED) is 0.721. The molecule has 0 aliphatic rings. The van der Waals surface area contributed by atoms with Gasteiger partial charge in [0.15, 0.2) is 0 Å². The van der Waals surface area contributed by atoms with E-state index >= 15 is 0 Å². The van der Waals surface area contributed by atoms with Crippen molar-refractivity contribution >= 4 is 15.9 Å². The fourth-order valence-electron chi connectivity index (χ4n) is 1.47. The first-order valence-corrected chi connectivity index (χ1v) is 7.97. The van der Waals surface area contributed by atoms with Crippen molar-refractivity contribution in [3.05, 3.63) is 29.8 Å². The molecule has 6 nitrogen and oxygen atoms in total. The normalized spacial score (nSPS) is 12.9. The molecule has 1 amide bonds. The van der Waals surface area contributed by atoms with Crippen LogP contribution >= 0.6 is 0 Å². The van der Waals surface area contributed by atoms with Gasteiger partial charge in [-0.1, -0.05) is 0 Å². The molecule has 0 fully saturated rings. The third-order valence-corrected chi connectivity index (χ3v) is 3.97. The Labute approximate surface area is 127 Å². The molecule has 1 unspecified atom stereocenters. The van der Waals surface area contributed by atoms with Gasteiger partial charge >= 0.3 is 0 Å². The van der Waals surface area contributed by atoms with Crippen LogP contribution in [0.25, 0.3) is 0 Å². The van der Waals surface area contributed by atoms with Gasteiger partial charge in [0.1, 0.15) is 22.6 Å². The van der Waals surface area contributed by atoms with E-state index in [1.54, 1.807) is 11.6 Å². The first-order valence-electron chi connectivity index (χ1n) is 6.49. The molecule has 0 aliphatic carbocycles. The number of ether oxygens (including phenoxy) is 2. The molecule has 124 valence electrons. The number of carbonyl (C=O) groups is 1. The average molecular weight is 337 g/mol. The van der Waals surface area contributed by atoms with E-state index in [0.29, 0.717) is 12.7 Å². The number of rotatable bonds is 8. The van der Waals surface area contributed by atoms with Gasteiger partial charge in [-0.2, -0.15) is 0 Å². The van der Waals surface area contributed by atoms with Gasteiger partial charge in [0.2, 0.25) is 0 Å². The molecular weight excluding hydrogens is 320 g/mol. The molecule has 0 spiro atoms. The number of hydrogen-bond donors (Lipinski definition) is 1. The monoisotopic (exact) mass is 337 g/mol. The van der Waals surface area contributed by atoms with E-state index in [4.69, 9.17) is 9.47 Å². The van der Waals surface area contributed by atoms with Crippen molar-refractivity contribution in [1.29, 1.82) is 0 Å². The lowest BCUT2D eigenvalue weighted by molar-refractivity contribution is -0.130. The summed E-state index contributed by atoms with van der Waals surface area (Å²) >= 11 is 0. The highest BCUT2D eigenvalue weighted by atomic mass is 32.2. The van der Waals surface area contributed by atoms with Crippen LogP contribution in [0.3, 0.4) is 0 Å². The molecule has 1 N–H and O–H groups in total. The van der Waals surface area contributed by atoms with Crippen LogP contribution in [0.2, 0.25) is 0 Å². The first-order chi connectivity index (χ1) is 10.3. The van der Waals surface area contributed by atoms with Crippen LogP contribution in [0.5, 0.6) is 0 Å². The van der Waals surface area contributed by atoms with Crippen LogP contribution in [0.1, 0.15) is 13.8 Å². The van der Waals surface area contributed by atoms with Crippen molar-refractivity contribution in [2.75, 3.05) is 19.8 Å². The van der Waals surface area contributed by atoms with E-state index < -0.39 is 38.6 Å². The van der Waals surface area contributed by atoms with Crippen LogP contribution in [-0.4, -0.2) is 40.2 Å². The van der Waals surface area contributed by atoms with E-state index in [0.717, 1.165) is 12.1 Å². The van der Waals surface area contributed by atoms with Gasteiger partial charge in [0.25, 0.3) is 15.9 Å². The van der Waals surface area contributed by atoms with Gasteiger partial charge in [0, 0.05) is 12.7 Å². The van der Waals surface area contributed by atoms with E-state index in [2.05, 4.69) is 0 Å². The van der Waals surface area contributed by atoms with Crippen molar-refractivity contribution < 1.29 is 31.5 Å². The molecule has 0 saturated carbocycles. The number of sulfonamides is 1. The van der Waals surface area contributed by atoms with Crippen molar-refractivity contribution in [2.24, 2.45) is 0 Å². The Bertz CT molecular complexity index is 621. The summed E-state index contributed by atoms with van der Waals surface area (Å²) < 4.78 is 61.8. The van der Waals surface area contributed by atoms with Crippen LogP contribution in [-0.2, 0) is 24.3 Å². The largest absolute Gasteiger partial charge is 0.379 e. The van der Waals surface area contributed by atoms with Crippen LogP contribution in [0.4, 0.5) is 8.78 Å². The molecule has 22 heavy (non-hydrogen) atoms. The third-order valence-electron chi connectivity index (χ3n) is 2.59. The zero-order valence-corrected chi connectivity index (χ0v) is 13.0. The van der Waals surface area contributed by atoms with Crippen molar-refractivity contribution in [3.8, 4) is 0 Å². The highest BCUT2D eigenvalue weighted by Crippen LogP contribution is 2.15. The zero-order chi connectivity index (χ0) is 16.8. The maximum absolute atomic E-state index is 13.5. The molecule has 9 heteroatoms. The van der Waals surface area contributed by atoms with Gasteiger partial charge in [-0.05, 0) is 26.0 Å². The zero-order valence-electron chi connectivity index (χ0n) is 12.1. The molecule has 1 rings (SSSR count). The number of halogens is 2. The summed E-state index contributed by atoms with van der Waals surface area (Å²) in [6.07, 6.45) is -1.07. The van der Waals surface area contributed by atoms with E-state index in [1.807, 2.05) is 0 Å². The van der Waals surface area contributed by atoms with E-state index in [9.17, 15) is 22.0 Å². The maximum atomic E-state index is 13.5. The summed E-state index contributed by atoms with van der Waals surface area (Å²) in [5.41, 5.74) is 0. The molecule has 0 aliphatic heterocycles. The second-order valence-corrected chi connectivity index (χ2v) is 5.91. The number of carbonyl (C=O) groups excluding carboxylic acids is 1. The van der Waals surface area contributed by atoms with Gasteiger partial charge < -0.3 is 9.47 Å². The number of hydrogen-bond acceptors (Lipinski definition) is 5. The molecule has 0 bridgehead atoms. The fourth-order valence-corrected chi connectivity index (χ4v) is 2.57. The van der Waals surface area contributed by atoms with Crippen LogP contribution < -0.4 is 4.72 Å². The predicted octanol–water partition coefficient (Wildman–Crippen LogP) is 1.21. The summed E-state index contributed by atoms with van der Waals surface area (Å²) in [6.45, 7) is 3.99. The molecule has 0 radical (unpaired) electrons. The number of nitrogens with one attached hydrogen (secondary N) is 1. The van der Waals surface area contributed by atoms with Crippen LogP contribution in [0, 0.1) is 11.6 Å². The predicted molar refractivity (Wildman–Crippen MR) is 73.6 cm³/mol. The minimum absolute atomic E-state index is 0.105. The molecule has 0 aromatic heterocycles. The van der Waals surface area contributed by atoms with Gasteiger partial charge in [-0.15, -0.1) is 0 Å². The smallest absolute Gasteiger partial charge is 0.267 e. The summed E-state index contributed by atoms with van der Waals surface area (Å²) in [5, 5.41) is 0.